The Morgan fingerprint density at radius 2 is 2.14 bits per heavy atom. The Labute approximate surface area is 82.2 Å². The second kappa shape index (κ2) is 4.33. The van der Waals surface area contributed by atoms with E-state index in [4.69, 9.17) is 5.73 Å². The molecule has 1 aromatic rings. The molecule has 0 unspecified atom stereocenters. The highest BCUT2D eigenvalue weighted by atomic mass is 19.1. The molecule has 0 fully saturated rings. The molecule has 0 aliphatic rings. The van der Waals surface area contributed by atoms with Crippen LogP contribution in [-0.2, 0) is 0 Å². The van der Waals surface area contributed by atoms with Gasteiger partial charge in [0.25, 0.3) is 0 Å². The molecule has 1 nitrogen and oxygen atoms in total. The lowest BCUT2D eigenvalue weighted by atomic mass is 9.99. The standard InChI is InChI=1S/C11H13F2N/c1-3-4-11(14)9-5-8(12)6-10(13)7(9)2/h3,5-6,11H,1,4,14H2,2H3/t11-/m0/s1. The van der Waals surface area contributed by atoms with E-state index in [0.29, 0.717) is 17.5 Å². The minimum Gasteiger partial charge on any atom is -0.324 e. The van der Waals surface area contributed by atoms with Gasteiger partial charge in [-0.15, -0.1) is 6.58 Å². The van der Waals surface area contributed by atoms with Crippen LogP contribution in [0, 0.1) is 18.6 Å². The lowest BCUT2D eigenvalue weighted by molar-refractivity contribution is 0.566. The summed E-state index contributed by atoms with van der Waals surface area (Å²) in [6.07, 6.45) is 2.14. The predicted octanol–water partition coefficient (Wildman–Crippen LogP) is 2.85. The molecule has 0 heterocycles. The summed E-state index contributed by atoms with van der Waals surface area (Å²) in [5.41, 5.74) is 6.65. The van der Waals surface area contributed by atoms with Crippen LogP contribution in [0.15, 0.2) is 24.8 Å². The largest absolute Gasteiger partial charge is 0.324 e. The second-order valence-electron chi connectivity index (χ2n) is 3.23. The zero-order valence-corrected chi connectivity index (χ0v) is 8.06. The SMILES string of the molecule is C=CC[C@H](N)c1cc(F)cc(F)c1C. The third kappa shape index (κ3) is 2.17. The summed E-state index contributed by atoms with van der Waals surface area (Å²) in [6.45, 7) is 5.12. The van der Waals surface area contributed by atoms with E-state index in [9.17, 15) is 8.78 Å². The number of rotatable bonds is 3. The van der Waals surface area contributed by atoms with Gasteiger partial charge in [0.05, 0.1) is 0 Å². The fourth-order valence-electron chi connectivity index (χ4n) is 1.36. The summed E-state index contributed by atoms with van der Waals surface area (Å²) in [4.78, 5) is 0. The van der Waals surface area contributed by atoms with Crippen molar-refractivity contribution in [3.05, 3.63) is 47.5 Å². The molecule has 0 aliphatic carbocycles. The molecule has 0 amide bonds. The third-order valence-corrected chi connectivity index (χ3v) is 2.17. The van der Waals surface area contributed by atoms with E-state index in [1.54, 1.807) is 13.0 Å². The van der Waals surface area contributed by atoms with Crippen molar-refractivity contribution in [2.45, 2.75) is 19.4 Å². The summed E-state index contributed by atoms with van der Waals surface area (Å²) in [6, 6.07) is 1.74. The summed E-state index contributed by atoms with van der Waals surface area (Å²) >= 11 is 0. The molecule has 76 valence electrons. The molecule has 0 spiro atoms. The molecule has 0 aromatic heterocycles. The lowest BCUT2D eigenvalue weighted by Crippen LogP contribution is -2.12. The van der Waals surface area contributed by atoms with E-state index in [1.165, 1.54) is 6.07 Å². The van der Waals surface area contributed by atoms with Crippen LogP contribution in [0.3, 0.4) is 0 Å². The van der Waals surface area contributed by atoms with Gasteiger partial charge >= 0.3 is 0 Å². The van der Waals surface area contributed by atoms with Gasteiger partial charge in [0, 0.05) is 12.1 Å². The van der Waals surface area contributed by atoms with Crippen molar-refractivity contribution in [3.63, 3.8) is 0 Å². The molecule has 1 atom stereocenters. The van der Waals surface area contributed by atoms with E-state index in [2.05, 4.69) is 6.58 Å². The monoisotopic (exact) mass is 197 g/mol. The predicted molar refractivity (Wildman–Crippen MR) is 52.8 cm³/mol. The van der Waals surface area contributed by atoms with Crippen LogP contribution >= 0.6 is 0 Å². The van der Waals surface area contributed by atoms with Gasteiger partial charge in [0.15, 0.2) is 0 Å². The Hall–Kier alpha value is -1.22. The van der Waals surface area contributed by atoms with Crippen LogP contribution in [0.5, 0.6) is 0 Å². The Balaban J connectivity index is 3.12. The average molecular weight is 197 g/mol. The Morgan fingerprint density at radius 3 is 2.71 bits per heavy atom. The molecular formula is C11H13F2N. The van der Waals surface area contributed by atoms with Crippen LogP contribution < -0.4 is 5.73 Å². The minimum atomic E-state index is -0.595. The van der Waals surface area contributed by atoms with E-state index in [0.717, 1.165) is 6.07 Å². The van der Waals surface area contributed by atoms with Crippen molar-refractivity contribution < 1.29 is 8.78 Å². The number of nitrogens with two attached hydrogens (primary N) is 1. The molecule has 2 N–H and O–H groups in total. The highest BCUT2D eigenvalue weighted by Crippen LogP contribution is 2.22. The molecule has 0 bridgehead atoms. The van der Waals surface area contributed by atoms with Crippen molar-refractivity contribution >= 4 is 0 Å². The van der Waals surface area contributed by atoms with E-state index in [-0.39, 0.29) is 0 Å². The lowest BCUT2D eigenvalue weighted by Gasteiger charge is -2.13. The molecule has 0 saturated carbocycles. The van der Waals surface area contributed by atoms with Crippen LogP contribution in [0.25, 0.3) is 0 Å². The normalized spacial score (nSPS) is 12.6. The van der Waals surface area contributed by atoms with Gasteiger partial charge in [0.1, 0.15) is 11.6 Å². The van der Waals surface area contributed by atoms with Crippen LogP contribution in [0.4, 0.5) is 8.78 Å². The maximum Gasteiger partial charge on any atom is 0.129 e. The summed E-state index contributed by atoms with van der Waals surface area (Å²) in [5, 5.41) is 0. The quantitative estimate of drug-likeness (QED) is 0.741. The smallest absolute Gasteiger partial charge is 0.129 e. The molecule has 0 radical (unpaired) electrons. The number of halogens is 2. The van der Waals surface area contributed by atoms with Crippen LogP contribution in [-0.4, -0.2) is 0 Å². The summed E-state index contributed by atoms with van der Waals surface area (Å²) < 4.78 is 26.0. The first kappa shape index (κ1) is 10.9. The van der Waals surface area contributed by atoms with Gasteiger partial charge in [0.2, 0.25) is 0 Å². The van der Waals surface area contributed by atoms with Crippen molar-refractivity contribution in [1.82, 2.24) is 0 Å². The van der Waals surface area contributed by atoms with Gasteiger partial charge in [-0.1, -0.05) is 6.08 Å². The van der Waals surface area contributed by atoms with Crippen LogP contribution in [0.2, 0.25) is 0 Å². The number of hydrogen-bond donors (Lipinski definition) is 1. The van der Waals surface area contributed by atoms with Crippen LogP contribution in [0.1, 0.15) is 23.6 Å². The van der Waals surface area contributed by atoms with Gasteiger partial charge < -0.3 is 5.73 Å². The van der Waals surface area contributed by atoms with Crippen molar-refractivity contribution in [1.29, 1.82) is 0 Å². The van der Waals surface area contributed by atoms with Gasteiger partial charge in [-0.25, -0.2) is 8.78 Å². The first-order chi connectivity index (χ1) is 6.56. The topological polar surface area (TPSA) is 26.0 Å². The second-order valence-corrected chi connectivity index (χ2v) is 3.23. The molecule has 0 aliphatic heterocycles. The molecular weight excluding hydrogens is 184 g/mol. The fraction of sp³-hybridized carbons (Fsp3) is 0.273. The first-order valence-electron chi connectivity index (χ1n) is 4.38. The minimum absolute atomic E-state index is 0.391. The van der Waals surface area contributed by atoms with Gasteiger partial charge in [-0.3, -0.25) is 0 Å². The molecule has 3 heteroatoms. The zero-order chi connectivity index (χ0) is 10.7. The summed E-state index contributed by atoms with van der Waals surface area (Å²) in [7, 11) is 0. The Morgan fingerprint density at radius 1 is 1.50 bits per heavy atom. The van der Waals surface area contributed by atoms with Crippen molar-refractivity contribution in [2.24, 2.45) is 5.73 Å². The third-order valence-electron chi connectivity index (χ3n) is 2.17. The molecule has 0 saturated heterocycles. The van der Waals surface area contributed by atoms with E-state index >= 15 is 0 Å². The molecule has 1 aromatic carbocycles. The highest BCUT2D eigenvalue weighted by molar-refractivity contribution is 5.31. The average Bonchev–Trinajstić information content (AvgIpc) is 2.11. The van der Waals surface area contributed by atoms with Crippen molar-refractivity contribution in [2.75, 3.05) is 0 Å². The number of benzene rings is 1. The molecule has 1 rings (SSSR count). The van der Waals surface area contributed by atoms with E-state index in [1.807, 2.05) is 0 Å². The highest BCUT2D eigenvalue weighted by Gasteiger charge is 2.12. The zero-order valence-electron chi connectivity index (χ0n) is 8.06. The maximum atomic E-state index is 13.1. The first-order valence-corrected chi connectivity index (χ1v) is 4.38. The fourth-order valence-corrected chi connectivity index (χ4v) is 1.36. The van der Waals surface area contributed by atoms with Gasteiger partial charge in [-0.05, 0) is 30.5 Å². The van der Waals surface area contributed by atoms with Gasteiger partial charge in [-0.2, -0.15) is 0 Å². The maximum absolute atomic E-state index is 13.1. The molecule has 14 heavy (non-hydrogen) atoms. The van der Waals surface area contributed by atoms with E-state index < -0.39 is 17.7 Å². The Kier molecular flexibility index (Phi) is 3.36. The number of hydrogen-bond acceptors (Lipinski definition) is 1. The van der Waals surface area contributed by atoms with Crippen molar-refractivity contribution in [3.8, 4) is 0 Å². The Bertz CT molecular complexity index is 347. The summed E-state index contributed by atoms with van der Waals surface area (Å²) in [5.74, 6) is -1.15.